The minimum Gasteiger partial charge on any atom is -0.508 e. The Kier molecular flexibility index (Phi) is 3.43. The van der Waals surface area contributed by atoms with Crippen LogP contribution in [0.3, 0.4) is 0 Å². The van der Waals surface area contributed by atoms with Crippen molar-refractivity contribution in [2.24, 2.45) is 5.41 Å². The summed E-state index contributed by atoms with van der Waals surface area (Å²) in [7, 11) is 0. The summed E-state index contributed by atoms with van der Waals surface area (Å²) in [6, 6.07) is 9.45. The zero-order valence-electron chi connectivity index (χ0n) is 15.0. The van der Waals surface area contributed by atoms with E-state index in [0.717, 1.165) is 18.5 Å². The molecule has 2 bridgehead atoms. The van der Waals surface area contributed by atoms with Gasteiger partial charge >= 0.3 is 0 Å². The standard InChI is InChI=1S/C21H24N2O2/c1-20(2)18-13-15-16(5-4-6-17(15)24)21(20,3)9-12-23(18)19(25)14-7-10-22-11-8-14/h4-8,10-11,18,24H,9,12-13H2,1-3H3/t18-,21+/m1/s1. The Labute approximate surface area is 148 Å². The normalized spacial score (nSPS) is 26.8. The predicted molar refractivity (Wildman–Crippen MR) is 96.6 cm³/mol. The van der Waals surface area contributed by atoms with Crippen LogP contribution in [0.25, 0.3) is 0 Å². The summed E-state index contributed by atoms with van der Waals surface area (Å²) < 4.78 is 0. The van der Waals surface area contributed by atoms with Crippen LogP contribution >= 0.6 is 0 Å². The summed E-state index contributed by atoms with van der Waals surface area (Å²) in [5.41, 5.74) is 2.79. The number of aromatic hydroxyl groups is 1. The van der Waals surface area contributed by atoms with Crippen molar-refractivity contribution in [3.05, 3.63) is 59.4 Å². The molecule has 2 aliphatic rings. The number of likely N-dealkylation sites (tertiary alicyclic amines) is 1. The number of benzene rings is 1. The van der Waals surface area contributed by atoms with E-state index in [0.29, 0.717) is 17.7 Å². The minimum atomic E-state index is -0.0747. The van der Waals surface area contributed by atoms with E-state index in [1.807, 2.05) is 11.0 Å². The average molecular weight is 336 g/mol. The smallest absolute Gasteiger partial charge is 0.254 e. The average Bonchev–Trinajstić information content (AvgIpc) is 2.59. The Balaban J connectivity index is 1.81. The first-order chi connectivity index (χ1) is 11.9. The number of hydrogen-bond acceptors (Lipinski definition) is 3. The summed E-state index contributed by atoms with van der Waals surface area (Å²) in [5, 5.41) is 10.4. The lowest BCUT2D eigenvalue weighted by Crippen LogP contribution is -2.64. The van der Waals surface area contributed by atoms with Crippen LogP contribution in [0.15, 0.2) is 42.7 Å². The van der Waals surface area contributed by atoms with Crippen LogP contribution in [-0.2, 0) is 11.8 Å². The van der Waals surface area contributed by atoms with Gasteiger partial charge < -0.3 is 10.0 Å². The first kappa shape index (κ1) is 16.1. The van der Waals surface area contributed by atoms with Gasteiger partial charge in [-0.1, -0.05) is 32.9 Å². The number of hydrogen-bond donors (Lipinski definition) is 1. The molecule has 2 heterocycles. The molecule has 0 unspecified atom stereocenters. The highest BCUT2D eigenvalue weighted by Gasteiger charge is 2.57. The van der Waals surface area contributed by atoms with E-state index in [-0.39, 0.29) is 22.8 Å². The molecule has 1 aromatic carbocycles. The number of aromatic nitrogens is 1. The molecule has 130 valence electrons. The predicted octanol–water partition coefficient (Wildman–Crippen LogP) is 3.54. The molecule has 1 N–H and O–H groups in total. The Morgan fingerprint density at radius 3 is 2.64 bits per heavy atom. The number of carbonyl (C=O) groups is 1. The highest BCUT2D eigenvalue weighted by Crippen LogP contribution is 2.57. The third-order valence-corrected chi connectivity index (χ3v) is 6.82. The molecule has 4 heteroatoms. The molecule has 4 rings (SSSR count). The second-order valence-corrected chi connectivity index (χ2v) is 8.06. The van der Waals surface area contributed by atoms with E-state index in [9.17, 15) is 9.90 Å². The molecular weight excluding hydrogens is 312 g/mol. The van der Waals surface area contributed by atoms with Crippen LogP contribution in [0.4, 0.5) is 0 Å². The first-order valence-electron chi connectivity index (χ1n) is 8.88. The van der Waals surface area contributed by atoms with Gasteiger partial charge in [0.2, 0.25) is 0 Å². The molecule has 1 aliphatic carbocycles. The Morgan fingerprint density at radius 2 is 1.92 bits per heavy atom. The Hall–Kier alpha value is -2.36. The molecule has 0 saturated carbocycles. The third kappa shape index (κ3) is 2.13. The molecule has 1 aromatic heterocycles. The summed E-state index contributed by atoms with van der Waals surface area (Å²) in [4.78, 5) is 19.1. The second-order valence-electron chi connectivity index (χ2n) is 8.06. The van der Waals surface area contributed by atoms with E-state index in [1.54, 1.807) is 30.6 Å². The van der Waals surface area contributed by atoms with Crippen molar-refractivity contribution in [1.29, 1.82) is 0 Å². The van der Waals surface area contributed by atoms with Gasteiger partial charge in [-0.15, -0.1) is 0 Å². The number of rotatable bonds is 1. The maximum atomic E-state index is 13.1. The van der Waals surface area contributed by atoms with Crippen LogP contribution in [0, 0.1) is 5.41 Å². The molecular formula is C21H24N2O2. The Morgan fingerprint density at radius 1 is 1.20 bits per heavy atom. The number of fused-ring (bicyclic) bond motifs is 4. The van der Waals surface area contributed by atoms with Crippen molar-refractivity contribution in [2.75, 3.05) is 6.54 Å². The fourth-order valence-corrected chi connectivity index (χ4v) is 4.83. The van der Waals surface area contributed by atoms with Crippen LogP contribution in [-0.4, -0.2) is 33.5 Å². The van der Waals surface area contributed by atoms with Crippen LogP contribution in [0.2, 0.25) is 0 Å². The summed E-state index contributed by atoms with van der Waals surface area (Å²) in [6.07, 6.45) is 4.91. The molecule has 25 heavy (non-hydrogen) atoms. The van der Waals surface area contributed by atoms with Crippen molar-refractivity contribution >= 4 is 5.91 Å². The number of phenols is 1. The Bertz CT molecular complexity index is 831. The monoisotopic (exact) mass is 336 g/mol. The fraction of sp³-hybridized carbons (Fsp3) is 0.429. The zero-order chi connectivity index (χ0) is 17.8. The quantitative estimate of drug-likeness (QED) is 0.866. The van der Waals surface area contributed by atoms with Gasteiger partial charge in [0, 0.05) is 36.0 Å². The molecule has 1 fully saturated rings. The molecule has 0 spiro atoms. The van der Waals surface area contributed by atoms with Crippen molar-refractivity contribution in [2.45, 2.75) is 45.1 Å². The first-order valence-corrected chi connectivity index (χ1v) is 8.88. The van der Waals surface area contributed by atoms with E-state index >= 15 is 0 Å². The lowest BCUT2D eigenvalue weighted by molar-refractivity contribution is -0.0266. The van der Waals surface area contributed by atoms with Crippen LogP contribution in [0.5, 0.6) is 5.75 Å². The maximum absolute atomic E-state index is 13.1. The lowest BCUT2D eigenvalue weighted by atomic mass is 9.51. The summed E-state index contributed by atoms with van der Waals surface area (Å²) in [6.45, 7) is 7.54. The number of nitrogens with zero attached hydrogens (tertiary/aromatic N) is 2. The number of carbonyl (C=O) groups excluding carboxylic acids is 1. The highest BCUT2D eigenvalue weighted by atomic mass is 16.3. The van der Waals surface area contributed by atoms with Crippen LogP contribution in [0.1, 0.15) is 48.7 Å². The number of amides is 1. The van der Waals surface area contributed by atoms with Gasteiger partial charge in [-0.2, -0.15) is 0 Å². The topological polar surface area (TPSA) is 53.4 Å². The van der Waals surface area contributed by atoms with Gasteiger partial charge in [-0.25, -0.2) is 0 Å². The number of phenolic OH excluding ortho intramolecular Hbond substituents is 1. The maximum Gasteiger partial charge on any atom is 0.254 e. The second kappa shape index (κ2) is 5.32. The zero-order valence-corrected chi connectivity index (χ0v) is 15.0. The lowest BCUT2D eigenvalue weighted by Gasteiger charge is -2.60. The van der Waals surface area contributed by atoms with E-state index in [4.69, 9.17) is 0 Å². The van der Waals surface area contributed by atoms with Crippen molar-refractivity contribution in [3.8, 4) is 5.75 Å². The van der Waals surface area contributed by atoms with E-state index < -0.39 is 0 Å². The van der Waals surface area contributed by atoms with Crippen molar-refractivity contribution < 1.29 is 9.90 Å². The molecule has 2 atom stereocenters. The van der Waals surface area contributed by atoms with Crippen molar-refractivity contribution in [1.82, 2.24) is 9.88 Å². The van der Waals surface area contributed by atoms with E-state index in [2.05, 4.69) is 31.8 Å². The molecule has 1 saturated heterocycles. The molecule has 0 radical (unpaired) electrons. The molecule has 1 aliphatic heterocycles. The van der Waals surface area contributed by atoms with E-state index in [1.165, 1.54) is 5.56 Å². The van der Waals surface area contributed by atoms with Crippen LogP contribution < -0.4 is 0 Å². The van der Waals surface area contributed by atoms with Gasteiger partial charge in [-0.3, -0.25) is 9.78 Å². The van der Waals surface area contributed by atoms with Crippen molar-refractivity contribution in [3.63, 3.8) is 0 Å². The third-order valence-electron chi connectivity index (χ3n) is 6.82. The number of piperidine rings is 1. The van der Waals surface area contributed by atoms with Gasteiger partial charge in [0.1, 0.15) is 5.75 Å². The SMILES string of the molecule is CC1(C)[C@H]2Cc3c(O)cccc3[C@]1(C)CCN2C(=O)c1ccncc1. The highest BCUT2D eigenvalue weighted by molar-refractivity contribution is 5.94. The summed E-state index contributed by atoms with van der Waals surface area (Å²) in [5.74, 6) is 0.406. The van der Waals surface area contributed by atoms with Gasteiger partial charge in [-0.05, 0) is 47.6 Å². The molecule has 4 nitrogen and oxygen atoms in total. The largest absolute Gasteiger partial charge is 0.508 e. The van der Waals surface area contributed by atoms with Gasteiger partial charge in [0.15, 0.2) is 0 Å². The molecule has 1 amide bonds. The fourth-order valence-electron chi connectivity index (χ4n) is 4.83. The van der Waals surface area contributed by atoms with Gasteiger partial charge in [0.25, 0.3) is 5.91 Å². The minimum absolute atomic E-state index is 0.0565. The summed E-state index contributed by atoms with van der Waals surface area (Å²) >= 11 is 0. The molecule has 2 aromatic rings. The number of pyridine rings is 1. The van der Waals surface area contributed by atoms with Gasteiger partial charge in [0.05, 0.1) is 0 Å².